The lowest BCUT2D eigenvalue weighted by atomic mass is 9.99. The van der Waals surface area contributed by atoms with Crippen LogP contribution in [0.1, 0.15) is 23.0 Å². The fourth-order valence-electron chi connectivity index (χ4n) is 2.38. The van der Waals surface area contributed by atoms with Crippen LogP contribution in [0.5, 0.6) is 0 Å². The van der Waals surface area contributed by atoms with Crippen LogP contribution in [0, 0.1) is 0 Å². The zero-order valence-corrected chi connectivity index (χ0v) is 13.8. The highest BCUT2D eigenvalue weighted by Crippen LogP contribution is 2.27. The van der Waals surface area contributed by atoms with Gasteiger partial charge in [0.05, 0.1) is 12.6 Å². The summed E-state index contributed by atoms with van der Waals surface area (Å²) in [6.45, 7) is 0.636. The van der Waals surface area contributed by atoms with E-state index in [0.29, 0.717) is 6.61 Å². The van der Waals surface area contributed by atoms with E-state index in [1.165, 1.54) is 22.7 Å². The van der Waals surface area contributed by atoms with E-state index < -0.39 is 0 Å². The Hall–Kier alpha value is -2.24. The molecule has 1 aromatic heterocycles. The Morgan fingerprint density at radius 3 is 2.17 bits per heavy atom. The minimum absolute atomic E-state index is 0.0561. The quantitative estimate of drug-likeness (QED) is 0.715. The average molecular weight is 325 g/mol. The summed E-state index contributed by atoms with van der Waals surface area (Å²) in [7, 11) is 1.69. The smallest absolute Gasteiger partial charge is 0.203 e. The molecule has 0 aliphatic rings. The van der Waals surface area contributed by atoms with Crippen molar-refractivity contribution in [3.05, 3.63) is 77.6 Å². The molecule has 0 atom stereocenters. The maximum atomic E-state index is 5.08. The lowest BCUT2D eigenvalue weighted by Crippen LogP contribution is -2.12. The van der Waals surface area contributed by atoms with Crippen LogP contribution in [0.4, 0.5) is 5.13 Å². The monoisotopic (exact) mass is 325 g/mol. The van der Waals surface area contributed by atoms with Crippen molar-refractivity contribution >= 4 is 16.7 Å². The first kappa shape index (κ1) is 15.6. The standard InChI is InChI=1S/C18H19N3OS/c1-22-13-12-16-19-18(23-21-16)20-17(14-8-4-2-5-9-14)15-10-6-3-7-11-15/h2-11,17H,12-13H2,1H3,(H,19,20,21). The zero-order chi connectivity index (χ0) is 15.9. The molecule has 1 N–H and O–H groups in total. The van der Waals surface area contributed by atoms with Crippen molar-refractivity contribution in [1.29, 1.82) is 0 Å². The molecule has 1 heterocycles. The van der Waals surface area contributed by atoms with Gasteiger partial charge in [-0.2, -0.15) is 4.37 Å². The van der Waals surface area contributed by atoms with Gasteiger partial charge in [0.1, 0.15) is 5.82 Å². The molecule has 3 aromatic rings. The van der Waals surface area contributed by atoms with Gasteiger partial charge in [-0.25, -0.2) is 4.98 Å². The molecule has 4 nitrogen and oxygen atoms in total. The Morgan fingerprint density at radius 2 is 1.61 bits per heavy atom. The molecule has 0 bridgehead atoms. The van der Waals surface area contributed by atoms with Gasteiger partial charge < -0.3 is 10.1 Å². The second-order valence-corrected chi connectivity index (χ2v) is 5.91. The number of aromatic nitrogens is 2. The molecule has 3 rings (SSSR count). The van der Waals surface area contributed by atoms with Crippen LogP contribution in [0.15, 0.2) is 60.7 Å². The number of nitrogens with zero attached hydrogens (tertiary/aromatic N) is 2. The van der Waals surface area contributed by atoms with Crippen LogP contribution in [-0.2, 0) is 11.2 Å². The second-order valence-electron chi connectivity index (χ2n) is 5.16. The average Bonchev–Trinajstić information content (AvgIpc) is 3.07. The van der Waals surface area contributed by atoms with Gasteiger partial charge in [-0.1, -0.05) is 60.7 Å². The van der Waals surface area contributed by atoms with Crippen LogP contribution in [0.25, 0.3) is 0 Å². The summed E-state index contributed by atoms with van der Waals surface area (Å²) in [4.78, 5) is 4.55. The number of methoxy groups -OCH3 is 1. The van der Waals surface area contributed by atoms with Crippen LogP contribution >= 0.6 is 11.5 Å². The lowest BCUT2D eigenvalue weighted by molar-refractivity contribution is 0.201. The molecule has 0 fully saturated rings. The Balaban J connectivity index is 1.83. The van der Waals surface area contributed by atoms with Crippen molar-refractivity contribution in [2.75, 3.05) is 19.0 Å². The van der Waals surface area contributed by atoms with E-state index in [0.717, 1.165) is 17.4 Å². The highest BCUT2D eigenvalue weighted by molar-refractivity contribution is 7.09. The van der Waals surface area contributed by atoms with Gasteiger partial charge in [0.15, 0.2) is 0 Å². The summed E-state index contributed by atoms with van der Waals surface area (Å²) < 4.78 is 9.46. The molecule has 2 aromatic carbocycles. The SMILES string of the molecule is COCCc1nsc(NC(c2ccccc2)c2ccccc2)n1. The van der Waals surface area contributed by atoms with Crippen LogP contribution in [0.2, 0.25) is 0 Å². The van der Waals surface area contributed by atoms with E-state index >= 15 is 0 Å². The number of rotatable bonds is 7. The predicted octanol–water partition coefficient (Wildman–Crippen LogP) is 3.93. The second kappa shape index (κ2) is 7.85. The summed E-state index contributed by atoms with van der Waals surface area (Å²) in [5.74, 6) is 0.819. The van der Waals surface area contributed by atoms with Crippen LogP contribution in [0.3, 0.4) is 0 Å². The van der Waals surface area contributed by atoms with E-state index in [2.05, 4.69) is 63.2 Å². The topological polar surface area (TPSA) is 47.0 Å². The van der Waals surface area contributed by atoms with Gasteiger partial charge in [-0.15, -0.1) is 0 Å². The summed E-state index contributed by atoms with van der Waals surface area (Å²) in [5, 5.41) is 4.34. The molecule has 0 spiro atoms. The maximum absolute atomic E-state index is 5.08. The maximum Gasteiger partial charge on any atom is 0.203 e. The van der Waals surface area contributed by atoms with Crippen LogP contribution in [-0.4, -0.2) is 23.1 Å². The summed E-state index contributed by atoms with van der Waals surface area (Å²) in [5.41, 5.74) is 2.40. The number of ether oxygens (including phenoxy) is 1. The number of hydrogen-bond acceptors (Lipinski definition) is 5. The molecule has 0 unspecified atom stereocenters. The Morgan fingerprint density at radius 1 is 1.00 bits per heavy atom. The zero-order valence-electron chi connectivity index (χ0n) is 13.0. The first-order valence-corrected chi connectivity index (χ1v) is 8.32. The first-order chi connectivity index (χ1) is 11.4. The van der Waals surface area contributed by atoms with Crippen molar-refractivity contribution in [1.82, 2.24) is 9.36 Å². The highest BCUT2D eigenvalue weighted by atomic mass is 32.1. The van der Waals surface area contributed by atoms with E-state index in [9.17, 15) is 0 Å². The molecule has 0 saturated heterocycles. The molecule has 0 aliphatic carbocycles. The van der Waals surface area contributed by atoms with E-state index in [4.69, 9.17) is 4.74 Å². The van der Waals surface area contributed by atoms with Gasteiger partial charge in [-0.3, -0.25) is 0 Å². The third-order valence-electron chi connectivity index (χ3n) is 3.53. The predicted molar refractivity (Wildman–Crippen MR) is 93.8 cm³/mol. The third kappa shape index (κ3) is 4.15. The highest BCUT2D eigenvalue weighted by Gasteiger charge is 2.15. The summed E-state index contributed by atoms with van der Waals surface area (Å²) >= 11 is 1.39. The fourth-order valence-corrected chi connectivity index (χ4v) is 3.02. The summed E-state index contributed by atoms with van der Waals surface area (Å²) in [6, 6.07) is 20.8. The largest absolute Gasteiger partial charge is 0.384 e. The van der Waals surface area contributed by atoms with Gasteiger partial charge in [0.25, 0.3) is 0 Å². The van der Waals surface area contributed by atoms with Crippen molar-refractivity contribution in [2.24, 2.45) is 0 Å². The van der Waals surface area contributed by atoms with E-state index in [-0.39, 0.29) is 6.04 Å². The minimum Gasteiger partial charge on any atom is -0.384 e. The molecule has 0 saturated carbocycles. The number of benzene rings is 2. The van der Waals surface area contributed by atoms with Gasteiger partial charge in [0.2, 0.25) is 5.13 Å². The van der Waals surface area contributed by atoms with Gasteiger partial charge >= 0.3 is 0 Å². The molecule has 0 amide bonds. The van der Waals surface area contributed by atoms with E-state index in [1.54, 1.807) is 7.11 Å². The molecule has 5 heteroatoms. The van der Waals surface area contributed by atoms with Gasteiger partial charge in [0, 0.05) is 25.1 Å². The molecular weight excluding hydrogens is 306 g/mol. The fraction of sp³-hybridized carbons (Fsp3) is 0.222. The lowest BCUT2D eigenvalue weighted by Gasteiger charge is -2.19. The van der Waals surface area contributed by atoms with E-state index in [1.807, 2.05) is 12.1 Å². The first-order valence-electron chi connectivity index (χ1n) is 7.55. The van der Waals surface area contributed by atoms with Crippen LogP contribution < -0.4 is 5.32 Å². The summed E-state index contributed by atoms with van der Waals surface area (Å²) in [6.07, 6.45) is 0.732. The normalized spacial score (nSPS) is 10.9. The Kier molecular flexibility index (Phi) is 5.34. The van der Waals surface area contributed by atoms with Gasteiger partial charge in [-0.05, 0) is 11.1 Å². The molecule has 23 heavy (non-hydrogen) atoms. The van der Waals surface area contributed by atoms with Crippen molar-refractivity contribution in [2.45, 2.75) is 12.5 Å². The Bertz CT molecular complexity index is 676. The minimum atomic E-state index is 0.0561. The van der Waals surface area contributed by atoms with Crippen molar-refractivity contribution < 1.29 is 4.74 Å². The molecule has 0 aliphatic heterocycles. The third-order valence-corrected chi connectivity index (χ3v) is 4.22. The van der Waals surface area contributed by atoms with Crippen molar-refractivity contribution in [3.8, 4) is 0 Å². The number of nitrogens with one attached hydrogen (secondary N) is 1. The molecule has 118 valence electrons. The van der Waals surface area contributed by atoms with Crippen molar-refractivity contribution in [3.63, 3.8) is 0 Å². The number of hydrogen-bond donors (Lipinski definition) is 1. The Labute approximate surface area is 140 Å². The molecular formula is C18H19N3OS. The number of anilines is 1. The molecule has 0 radical (unpaired) electrons.